The molecule has 0 atom stereocenters. The standard InChI is InChI=1S/C12H19ClN2S/c13-12-4-3-11(16-12)5-6-14-7-10-15-8-1-2-9-15/h3-4,14H,1-2,5-10H2. The Labute approximate surface area is 107 Å². The first-order chi connectivity index (χ1) is 7.84. The molecule has 1 aliphatic rings. The molecule has 1 fully saturated rings. The van der Waals surface area contributed by atoms with Crippen LogP contribution in [0.25, 0.3) is 0 Å². The highest BCUT2D eigenvalue weighted by atomic mass is 35.5. The second-order valence-electron chi connectivity index (χ2n) is 4.25. The van der Waals surface area contributed by atoms with Crippen molar-refractivity contribution in [2.45, 2.75) is 19.3 Å². The zero-order valence-electron chi connectivity index (χ0n) is 9.54. The summed E-state index contributed by atoms with van der Waals surface area (Å²) in [6.07, 6.45) is 3.86. The van der Waals surface area contributed by atoms with Gasteiger partial charge in [0.1, 0.15) is 0 Å². The molecule has 0 amide bonds. The summed E-state index contributed by atoms with van der Waals surface area (Å²) >= 11 is 7.56. The lowest BCUT2D eigenvalue weighted by Gasteiger charge is -2.14. The van der Waals surface area contributed by atoms with Gasteiger partial charge in [0.05, 0.1) is 4.34 Å². The lowest BCUT2D eigenvalue weighted by Crippen LogP contribution is -2.30. The Hall–Kier alpha value is -0.0900. The van der Waals surface area contributed by atoms with Crippen LogP contribution >= 0.6 is 22.9 Å². The van der Waals surface area contributed by atoms with Gasteiger partial charge in [-0.25, -0.2) is 0 Å². The molecular weight excluding hydrogens is 240 g/mol. The van der Waals surface area contributed by atoms with Gasteiger partial charge in [-0.15, -0.1) is 11.3 Å². The molecule has 2 rings (SSSR count). The van der Waals surface area contributed by atoms with E-state index in [1.165, 1.54) is 37.4 Å². The van der Waals surface area contributed by atoms with Crippen LogP contribution in [0.3, 0.4) is 0 Å². The molecule has 1 aliphatic heterocycles. The van der Waals surface area contributed by atoms with Crippen LogP contribution < -0.4 is 5.32 Å². The Morgan fingerprint density at radius 3 is 2.75 bits per heavy atom. The fourth-order valence-electron chi connectivity index (χ4n) is 2.07. The number of halogens is 1. The predicted octanol–water partition coefficient (Wildman–Crippen LogP) is 2.63. The van der Waals surface area contributed by atoms with Gasteiger partial charge in [-0.1, -0.05) is 11.6 Å². The maximum Gasteiger partial charge on any atom is 0.0931 e. The van der Waals surface area contributed by atoms with E-state index in [2.05, 4.69) is 16.3 Å². The smallest absolute Gasteiger partial charge is 0.0931 e. The van der Waals surface area contributed by atoms with Crippen molar-refractivity contribution in [3.05, 3.63) is 21.3 Å². The number of nitrogens with one attached hydrogen (secondary N) is 1. The Morgan fingerprint density at radius 2 is 2.06 bits per heavy atom. The topological polar surface area (TPSA) is 15.3 Å². The average molecular weight is 259 g/mol. The van der Waals surface area contributed by atoms with Crippen molar-refractivity contribution in [3.63, 3.8) is 0 Å². The molecule has 0 radical (unpaired) electrons. The summed E-state index contributed by atoms with van der Waals surface area (Å²) < 4.78 is 0.895. The van der Waals surface area contributed by atoms with E-state index in [0.717, 1.165) is 23.8 Å². The van der Waals surface area contributed by atoms with E-state index in [1.54, 1.807) is 11.3 Å². The van der Waals surface area contributed by atoms with E-state index in [1.807, 2.05) is 6.07 Å². The van der Waals surface area contributed by atoms with Crippen molar-refractivity contribution in [1.82, 2.24) is 10.2 Å². The monoisotopic (exact) mass is 258 g/mol. The first-order valence-electron chi connectivity index (χ1n) is 6.02. The molecule has 0 aromatic carbocycles. The van der Waals surface area contributed by atoms with E-state index < -0.39 is 0 Å². The minimum Gasteiger partial charge on any atom is -0.315 e. The normalized spacial score (nSPS) is 17.1. The molecule has 0 bridgehead atoms. The second kappa shape index (κ2) is 6.60. The summed E-state index contributed by atoms with van der Waals surface area (Å²) in [5.41, 5.74) is 0. The van der Waals surface area contributed by atoms with Crippen LogP contribution in [0.5, 0.6) is 0 Å². The third-order valence-electron chi connectivity index (χ3n) is 2.98. The van der Waals surface area contributed by atoms with Crippen LogP contribution in [0, 0.1) is 0 Å². The molecule has 0 aliphatic carbocycles. The lowest BCUT2D eigenvalue weighted by molar-refractivity contribution is 0.336. The second-order valence-corrected chi connectivity index (χ2v) is 6.05. The van der Waals surface area contributed by atoms with Crippen molar-refractivity contribution in [1.29, 1.82) is 0 Å². The van der Waals surface area contributed by atoms with E-state index in [4.69, 9.17) is 11.6 Å². The summed E-state index contributed by atoms with van der Waals surface area (Å²) in [6.45, 7) is 5.96. The fraction of sp³-hybridized carbons (Fsp3) is 0.667. The minimum absolute atomic E-state index is 0.895. The van der Waals surface area contributed by atoms with Crippen molar-refractivity contribution in [3.8, 4) is 0 Å². The number of hydrogen-bond donors (Lipinski definition) is 1. The number of thiophene rings is 1. The Kier molecular flexibility index (Phi) is 5.10. The Morgan fingerprint density at radius 1 is 1.25 bits per heavy atom. The van der Waals surface area contributed by atoms with E-state index >= 15 is 0 Å². The molecule has 0 spiro atoms. The van der Waals surface area contributed by atoms with Crippen LogP contribution in [0.1, 0.15) is 17.7 Å². The van der Waals surface area contributed by atoms with Gasteiger partial charge in [0.2, 0.25) is 0 Å². The summed E-state index contributed by atoms with van der Waals surface area (Å²) in [4.78, 5) is 3.91. The fourth-order valence-corrected chi connectivity index (χ4v) is 3.15. The van der Waals surface area contributed by atoms with Crippen molar-refractivity contribution < 1.29 is 0 Å². The molecule has 0 unspecified atom stereocenters. The van der Waals surface area contributed by atoms with Crippen LogP contribution in [0.2, 0.25) is 4.34 Å². The molecule has 2 heterocycles. The molecular formula is C12H19ClN2S. The van der Waals surface area contributed by atoms with Crippen molar-refractivity contribution in [2.75, 3.05) is 32.7 Å². The van der Waals surface area contributed by atoms with Crippen LogP contribution in [0.4, 0.5) is 0 Å². The highest BCUT2D eigenvalue weighted by Crippen LogP contribution is 2.21. The first kappa shape index (κ1) is 12.4. The van der Waals surface area contributed by atoms with E-state index in [0.29, 0.717) is 0 Å². The molecule has 2 nitrogen and oxygen atoms in total. The zero-order chi connectivity index (χ0) is 11.2. The number of nitrogens with zero attached hydrogens (tertiary/aromatic N) is 1. The largest absolute Gasteiger partial charge is 0.315 e. The molecule has 1 aromatic rings. The van der Waals surface area contributed by atoms with Gasteiger partial charge in [0, 0.05) is 24.5 Å². The lowest BCUT2D eigenvalue weighted by atomic mass is 10.3. The zero-order valence-corrected chi connectivity index (χ0v) is 11.1. The Balaban J connectivity index is 1.51. The van der Waals surface area contributed by atoms with Crippen LogP contribution in [-0.2, 0) is 6.42 Å². The van der Waals surface area contributed by atoms with Gasteiger partial charge in [0.15, 0.2) is 0 Å². The van der Waals surface area contributed by atoms with Gasteiger partial charge in [-0.2, -0.15) is 0 Å². The third-order valence-corrected chi connectivity index (χ3v) is 4.27. The quantitative estimate of drug-likeness (QED) is 0.790. The molecule has 1 saturated heterocycles. The van der Waals surface area contributed by atoms with Crippen molar-refractivity contribution in [2.24, 2.45) is 0 Å². The first-order valence-corrected chi connectivity index (χ1v) is 7.21. The van der Waals surface area contributed by atoms with E-state index in [9.17, 15) is 0 Å². The van der Waals surface area contributed by atoms with Crippen LogP contribution in [-0.4, -0.2) is 37.6 Å². The average Bonchev–Trinajstić information content (AvgIpc) is 2.89. The molecule has 16 heavy (non-hydrogen) atoms. The minimum atomic E-state index is 0.895. The predicted molar refractivity (Wildman–Crippen MR) is 71.6 cm³/mol. The highest BCUT2D eigenvalue weighted by Gasteiger charge is 2.09. The maximum absolute atomic E-state index is 5.88. The number of hydrogen-bond acceptors (Lipinski definition) is 3. The highest BCUT2D eigenvalue weighted by molar-refractivity contribution is 7.16. The van der Waals surface area contributed by atoms with Gasteiger partial charge in [-0.05, 0) is 44.5 Å². The third kappa shape index (κ3) is 4.06. The maximum atomic E-state index is 5.88. The molecule has 1 N–H and O–H groups in total. The summed E-state index contributed by atoms with van der Waals surface area (Å²) in [6, 6.07) is 4.10. The van der Waals surface area contributed by atoms with Crippen molar-refractivity contribution >= 4 is 22.9 Å². The summed E-state index contributed by atoms with van der Waals surface area (Å²) in [5, 5.41) is 3.49. The number of rotatable bonds is 6. The number of likely N-dealkylation sites (tertiary alicyclic amines) is 1. The molecule has 90 valence electrons. The molecule has 1 aromatic heterocycles. The van der Waals surface area contributed by atoms with Gasteiger partial charge < -0.3 is 10.2 Å². The molecule has 4 heteroatoms. The van der Waals surface area contributed by atoms with Gasteiger partial charge >= 0.3 is 0 Å². The van der Waals surface area contributed by atoms with Gasteiger partial charge in [0.25, 0.3) is 0 Å². The van der Waals surface area contributed by atoms with Crippen LogP contribution in [0.15, 0.2) is 12.1 Å². The van der Waals surface area contributed by atoms with E-state index in [-0.39, 0.29) is 0 Å². The molecule has 0 saturated carbocycles. The Bertz CT molecular complexity index is 308. The summed E-state index contributed by atoms with van der Waals surface area (Å²) in [7, 11) is 0. The summed E-state index contributed by atoms with van der Waals surface area (Å²) in [5.74, 6) is 0. The SMILES string of the molecule is Clc1ccc(CCNCCN2CCCC2)s1. The van der Waals surface area contributed by atoms with Gasteiger partial charge in [-0.3, -0.25) is 0 Å².